The summed E-state index contributed by atoms with van der Waals surface area (Å²) in [6, 6.07) is 8.94. The van der Waals surface area contributed by atoms with E-state index in [2.05, 4.69) is 15.3 Å². The van der Waals surface area contributed by atoms with Gasteiger partial charge in [0.2, 0.25) is 5.88 Å². The highest BCUT2D eigenvalue weighted by atomic mass is 19.4. The summed E-state index contributed by atoms with van der Waals surface area (Å²) in [7, 11) is 0. The highest BCUT2D eigenvalue weighted by Gasteiger charge is 2.34. The average Bonchev–Trinajstić information content (AvgIpc) is 3.31. The SMILES string of the molecule is CC1c2ncnc(Oc3ccc4c(c3)CCN4C(=O)Nc3cccc(C(F)(F)F)c3)c2CCN1C(=O)OC(C)(C)C. The number of urea groups is 1. The van der Waals surface area contributed by atoms with E-state index in [0.717, 1.165) is 23.3 Å². The molecule has 0 saturated heterocycles. The van der Waals surface area contributed by atoms with Crippen LogP contribution in [-0.4, -0.2) is 45.7 Å². The van der Waals surface area contributed by atoms with Crippen LogP contribution in [-0.2, 0) is 23.8 Å². The normalized spacial score (nSPS) is 16.6. The molecule has 3 amide bonds. The Morgan fingerprint density at radius 2 is 1.80 bits per heavy atom. The smallest absolute Gasteiger partial charge is 0.416 e. The quantitative estimate of drug-likeness (QED) is 0.376. The summed E-state index contributed by atoms with van der Waals surface area (Å²) in [6.07, 6.45) is -2.47. The number of anilines is 2. The molecule has 0 spiro atoms. The lowest BCUT2D eigenvalue weighted by molar-refractivity contribution is -0.137. The van der Waals surface area contributed by atoms with Gasteiger partial charge in [-0.1, -0.05) is 6.07 Å². The predicted octanol–water partition coefficient (Wildman–Crippen LogP) is 6.74. The number of carbonyl (C=O) groups is 2. The number of fused-ring (bicyclic) bond motifs is 2. The Kier molecular flexibility index (Phi) is 7.26. The lowest BCUT2D eigenvalue weighted by Gasteiger charge is -2.35. The number of hydrogen-bond acceptors (Lipinski definition) is 6. The molecule has 41 heavy (non-hydrogen) atoms. The van der Waals surface area contributed by atoms with Crippen molar-refractivity contribution in [2.24, 2.45) is 0 Å². The van der Waals surface area contributed by atoms with E-state index in [9.17, 15) is 22.8 Å². The number of carbonyl (C=O) groups excluding carboxylic acids is 2. The number of halogens is 3. The number of aromatic nitrogens is 2. The summed E-state index contributed by atoms with van der Waals surface area (Å²) >= 11 is 0. The molecule has 2 aliphatic heterocycles. The third kappa shape index (κ3) is 6.06. The molecule has 1 N–H and O–H groups in total. The zero-order valence-corrected chi connectivity index (χ0v) is 23.1. The maximum absolute atomic E-state index is 13.0. The molecule has 0 aliphatic carbocycles. The van der Waals surface area contributed by atoms with Crippen molar-refractivity contribution in [1.29, 1.82) is 0 Å². The molecular weight excluding hydrogens is 539 g/mol. The summed E-state index contributed by atoms with van der Waals surface area (Å²) in [5, 5.41) is 2.56. The lowest BCUT2D eigenvalue weighted by atomic mass is 10.00. The Bertz CT molecular complexity index is 1490. The number of rotatable bonds is 3. The Hall–Kier alpha value is -4.35. The van der Waals surface area contributed by atoms with Crippen molar-refractivity contribution < 1.29 is 32.2 Å². The van der Waals surface area contributed by atoms with Crippen molar-refractivity contribution in [3.8, 4) is 11.6 Å². The zero-order valence-electron chi connectivity index (χ0n) is 23.1. The predicted molar refractivity (Wildman–Crippen MR) is 145 cm³/mol. The first-order valence-electron chi connectivity index (χ1n) is 13.2. The molecule has 1 atom stereocenters. The van der Waals surface area contributed by atoms with Gasteiger partial charge in [-0.05, 0) is 82.5 Å². The van der Waals surface area contributed by atoms with Gasteiger partial charge in [-0.25, -0.2) is 19.6 Å². The molecule has 0 radical (unpaired) electrons. The van der Waals surface area contributed by atoms with Gasteiger partial charge in [0.15, 0.2) is 0 Å². The second kappa shape index (κ2) is 10.6. The molecule has 3 heterocycles. The van der Waals surface area contributed by atoms with Gasteiger partial charge in [-0.3, -0.25) is 9.80 Å². The van der Waals surface area contributed by atoms with Gasteiger partial charge < -0.3 is 14.8 Å². The molecule has 2 aliphatic rings. The number of nitrogens with one attached hydrogen (secondary N) is 1. The van der Waals surface area contributed by atoms with Crippen molar-refractivity contribution in [2.45, 2.75) is 58.4 Å². The average molecular weight is 570 g/mol. The van der Waals surface area contributed by atoms with Crippen molar-refractivity contribution >= 4 is 23.5 Å². The van der Waals surface area contributed by atoms with E-state index >= 15 is 0 Å². The van der Waals surface area contributed by atoms with Crippen LogP contribution in [0.3, 0.4) is 0 Å². The van der Waals surface area contributed by atoms with E-state index in [1.807, 2.05) is 33.8 Å². The molecule has 3 aromatic rings. The van der Waals surface area contributed by atoms with Crippen LogP contribution in [0.2, 0.25) is 0 Å². The molecule has 9 nitrogen and oxygen atoms in total. The van der Waals surface area contributed by atoms with E-state index in [0.29, 0.717) is 48.9 Å². The monoisotopic (exact) mass is 569 g/mol. The number of alkyl halides is 3. The summed E-state index contributed by atoms with van der Waals surface area (Å²) in [4.78, 5) is 37.5. The van der Waals surface area contributed by atoms with Gasteiger partial charge in [0, 0.05) is 30.0 Å². The number of nitrogens with zero attached hydrogens (tertiary/aromatic N) is 4. The van der Waals surface area contributed by atoms with E-state index in [-0.39, 0.29) is 11.7 Å². The third-order valence-corrected chi connectivity index (χ3v) is 6.88. The van der Waals surface area contributed by atoms with Crippen molar-refractivity contribution in [3.63, 3.8) is 0 Å². The van der Waals surface area contributed by atoms with Crippen LogP contribution >= 0.6 is 0 Å². The largest absolute Gasteiger partial charge is 0.444 e. The second-order valence-corrected chi connectivity index (χ2v) is 10.9. The number of benzene rings is 2. The van der Waals surface area contributed by atoms with E-state index in [4.69, 9.17) is 9.47 Å². The van der Waals surface area contributed by atoms with Crippen molar-refractivity contribution in [1.82, 2.24) is 14.9 Å². The van der Waals surface area contributed by atoms with E-state index in [1.165, 1.54) is 23.4 Å². The molecule has 2 aromatic carbocycles. The van der Waals surface area contributed by atoms with Gasteiger partial charge >= 0.3 is 18.3 Å². The van der Waals surface area contributed by atoms with Crippen LogP contribution in [0.25, 0.3) is 0 Å². The number of hydrogen-bond donors (Lipinski definition) is 1. The summed E-state index contributed by atoms with van der Waals surface area (Å²) in [5.41, 5.74) is 1.61. The van der Waals surface area contributed by atoms with Gasteiger partial charge in [0.1, 0.15) is 17.7 Å². The number of amides is 3. The Morgan fingerprint density at radius 3 is 2.54 bits per heavy atom. The van der Waals surface area contributed by atoms with Crippen LogP contribution < -0.4 is 15.0 Å². The van der Waals surface area contributed by atoms with Crippen LogP contribution in [0.5, 0.6) is 11.6 Å². The third-order valence-electron chi connectivity index (χ3n) is 6.88. The molecule has 5 rings (SSSR count). The summed E-state index contributed by atoms with van der Waals surface area (Å²) < 4.78 is 50.8. The minimum absolute atomic E-state index is 0.0613. The Morgan fingerprint density at radius 1 is 1.02 bits per heavy atom. The molecule has 0 bridgehead atoms. The Balaban J connectivity index is 1.29. The van der Waals surface area contributed by atoms with E-state index in [1.54, 1.807) is 17.0 Å². The molecular formula is C29H30F3N5O4. The second-order valence-electron chi connectivity index (χ2n) is 10.9. The molecule has 0 saturated carbocycles. The highest BCUT2D eigenvalue weighted by molar-refractivity contribution is 6.03. The van der Waals surface area contributed by atoms with Crippen molar-refractivity contribution in [2.75, 3.05) is 23.3 Å². The molecule has 1 aromatic heterocycles. The first-order chi connectivity index (χ1) is 19.3. The van der Waals surface area contributed by atoms with Crippen LogP contribution in [0.4, 0.5) is 34.1 Å². The minimum atomic E-state index is -4.50. The molecule has 12 heteroatoms. The van der Waals surface area contributed by atoms with Gasteiger partial charge in [-0.15, -0.1) is 0 Å². The van der Waals surface area contributed by atoms with E-state index < -0.39 is 29.5 Å². The molecule has 216 valence electrons. The highest BCUT2D eigenvalue weighted by Crippen LogP contribution is 2.37. The van der Waals surface area contributed by atoms with Gasteiger partial charge in [0.05, 0.1) is 17.3 Å². The van der Waals surface area contributed by atoms with Crippen LogP contribution in [0, 0.1) is 0 Å². The molecule has 0 fully saturated rings. The minimum Gasteiger partial charge on any atom is -0.444 e. The fraction of sp³-hybridized carbons (Fsp3) is 0.379. The maximum Gasteiger partial charge on any atom is 0.416 e. The fourth-order valence-corrected chi connectivity index (χ4v) is 4.96. The lowest BCUT2D eigenvalue weighted by Crippen LogP contribution is -2.42. The van der Waals surface area contributed by atoms with Gasteiger partial charge in [0.25, 0.3) is 0 Å². The topological polar surface area (TPSA) is 96.9 Å². The zero-order chi connectivity index (χ0) is 29.5. The first kappa shape index (κ1) is 28.2. The Labute approximate surface area is 235 Å². The van der Waals surface area contributed by atoms with Crippen molar-refractivity contribution in [3.05, 3.63) is 71.2 Å². The standard InChI is InChI=1S/C29H30F3N5O4/c1-17-24-22(11-13-36(17)27(39)41-28(2,3)4)25(34-16-33-24)40-21-8-9-23-18(14-21)10-12-37(23)26(38)35-20-7-5-6-19(15-20)29(30,31)32/h5-9,14-17H,10-13H2,1-4H3,(H,35,38). The summed E-state index contributed by atoms with van der Waals surface area (Å²) in [6.45, 7) is 8.13. The van der Waals surface area contributed by atoms with Crippen LogP contribution in [0.1, 0.15) is 56.1 Å². The maximum atomic E-state index is 13.0. The first-order valence-corrected chi connectivity index (χ1v) is 13.2. The number of ether oxygens (including phenoxy) is 2. The summed E-state index contributed by atoms with van der Waals surface area (Å²) in [5.74, 6) is 0.912. The fourth-order valence-electron chi connectivity index (χ4n) is 4.96. The molecule has 1 unspecified atom stereocenters. The van der Waals surface area contributed by atoms with Crippen LogP contribution in [0.15, 0.2) is 48.8 Å². The van der Waals surface area contributed by atoms with Gasteiger partial charge in [-0.2, -0.15) is 13.2 Å².